The van der Waals surface area contributed by atoms with Crippen LogP contribution >= 0.6 is 0 Å². The number of hydrogen-bond acceptors (Lipinski definition) is 3. The molecule has 0 aliphatic heterocycles. The fourth-order valence-electron chi connectivity index (χ4n) is 9.42. The van der Waals surface area contributed by atoms with E-state index in [4.69, 9.17) is 9.40 Å². The van der Waals surface area contributed by atoms with Gasteiger partial charge in [0.1, 0.15) is 5.52 Å². The molecule has 0 atom stereocenters. The fraction of sp³-hybridized carbons (Fsp3) is 0. The summed E-state index contributed by atoms with van der Waals surface area (Å²) in [5.74, 6) is 0.632. The van der Waals surface area contributed by atoms with E-state index in [0.717, 1.165) is 66.8 Å². The molecule has 0 amide bonds. The van der Waals surface area contributed by atoms with Crippen LogP contribution < -0.4 is 4.90 Å². The lowest BCUT2D eigenvalue weighted by molar-refractivity contribution is 0.620. The first-order valence-electron chi connectivity index (χ1n) is 21.8. The molecule has 0 bridgehead atoms. The lowest BCUT2D eigenvalue weighted by Gasteiger charge is -2.27. The second kappa shape index (κ2) is 15.7. The van der Waals surface area contributed by atoms with Gasteiger partial charge >= 0.3 is 0 Å². The Balaban J connectivity index is 0.983. The van der Waals surface area contributed by atoms with Crippen molar-refractivity contribution in [2.45, 2.75) is 0 Å². The lowest BCUT2D eigenvalue weighted by atomic mass is 9.92. The van der Waals surface area contributed by atoms with Crippen LogP contribution in [0, 0.1) is 0 Å². The van der Waals surface area contributed by atoms with E-state index in [9.17, 15) is 0 Å². The summed E-state index contributed by atoms with van der Waals surface area (Å²) in [6, 6.07) is 87.0. The first-order chi connectivity index (χ1) is 31.7. The van der Waals surface area contributed by atoms with Crippen LogP contribution in [0.2, 0.25) is 0 Å². The Morgan fingerprint density at radius 3 is 1.34 bits per heavy atom. The number of nitrogens with zero attached hydrogens (tertiary/aromatic N) is 2. The van der Waals surface area contributed by atoms with Gasteiger partial charge in [-0.3, -0.25) is 0 Å². The zero-order chi connectivity index (χ0) is 42.4. The first kappa shape index (κ1) is 37.2. The number of rotatable bonds is 8. The van der Waals surface area contributed by atoms with Gasteiger partial charge in [-0.25, -0.2) is 4.98 Å². The van der Waals surface area contributed by atoms with E-state index in [2.05, 4.69) is 211 Å². The van der Waals surface area contributed by atoms with Crippen molar-refractivity contribution >= 4 is 60.5 Å². The number of anilines is 3. The van der Waals surface area contributed by atoms with Gasteiger partial charge in [0.15, 0.2) is 5.58 Å². The van der Waals surface area contributed by atoms with Crippen LogP contribution in [-0.2, 0) is 0 Å². The third-order valence-electron chi connectivity index (χ3n) is 12.5. The van der Waals surface area contributed by atoms with Gasteiger partial charge in [-0.05, 0) is 132 Å². The molecular weight excluding hydrogens is 777 g/mol. The Bertz CT molecular complexity index is 3560. The van der Waals surface area contributed by atoms with E-state index in [0.29, 0.717) is 5.89 Å². The molecule has 64 heavy (non-hydrogen) atoms. The third kappa shape index (κ3) is 6.68. The largest absolute Gasteiger partial charge is 0.436 e. The highest BCUT2D eigenvalue weighted by Gasteiger charge is 2.18. The normalized spacial score (nSPS) is 11.4. The molecule has 0 N–H and O–H groups in total. The predicted molar refractivity (Wildman–Crippen MR) is 268 cm³/mol. The smallest absolute Gasteiger partial charge is 0.227 e. The average Bonchev–Trinajstić information content (AvgIpc) is 3.82. The average molecular weight is 817 g/mol. The Morgan fingerprint density at radius 2 is 0.750 bits per heavy atom. The van der Waals surface area contributed by atoms with Crippen molar-refractivity contribution in [1.29, 1.82) is 0 Å². The molecule has 11 aromatic carbocycles. The molecule has 3 nitrogen and oxygen atoms in total. The van der Waals surface area contributed by atoms with Gasteiger partial charge in [-0.15, -0.1) is 0 Å². The molecule has 0 saturated carbocycles. The molecule has 1 aromatic heterocycles. The zero-order valence-corrected chi connectivity index (χ0v) is 34.9. The Morgan fingerprint density at radius 1 is 0.297 bits per heavy atom. The van der Waals surface area contributed by atoms with Crippen LogP contribution in [-0.4, -0.2) is 4.98 Å². The highest BCUT2D eigenvalue weighted by molar-refractivity contribution is 6.06. The van der Waals surface area contributed by atoms with Gasteiger partial charge < -0.3 is 9.32 Å². The van der Waals surface area contributed by atoms with Gasteiger partial charge in [0.25, 0.3) is 0 Å². The monoisotopic (exact) mass is 816 g/mol. The summed E-state index contributed by atoms with van der Waals surface area (Å²) in [5.41, 5.74) is 15.2. The maximum atomic E-state index is 6.23. The topological polar surface area (TPSA) is 29.3 Å². The van der Waals surface area contributed by atoms with Gasteiger partial charge in [-0.2, -0.15) is 0 Å². The highest BCUT2D eigenvalue weighted by atomic mass is 16.3. The molecule has 3 heteroatoms. The molecule has 0 saturated heterocycles. The molecule has 12 rings (SSSR count). The van der Waals surface area contributed by atoms with E-state index < -0.39 is 0 Å². The minimum atomic E-state index is 0.632. The van der Waals surface area contributed by atoms with Crippen LogP contribution in [0.25, 0.3) is 99.4 Å². The van der Waals surface area contributed by atoms with Gasteiger partial charge in [0.05, 0.1) is 0 Å². The summed E-state index contributed by atoms with van der Waals surface area (Å²) in [7, 11) is 0. The minimum Gasteiger partial charge on any atom is -0.436 e. The van der Waals surface area contributed by atoms with Crippen molar-refractivity contribution in [3.05, 3.63) is 243 Å². The SMILES string of the molecule is c1ccc(-c2nc3c(ccc4cc(-c5ccccc5-c5cccc(N(c6cccc(-c7cccc8ccccc78)c6)c6cccc(-c7cccc8ccccc78)c6)c5)ccc43)o2)cc1. The fourth-order valence-corrected chi connectivity index (χ4v) is 9.42. The van der Waals surface area contributed by atoms with Gasteiger partial charge in [-0.1, -0.05) is 182 Å². The summed E-state index contributed by atoms with van der Waals surface area (Å²) in [4.78, 5) is 7.36. The Labute approximate surface area is 371 Å². The summed E-state index contributed by atoms with van der Waals surface area (Å²) >= 11 is 0. The molecule has 0 fully saturated rings. The molecule has 0 spiro atoms. The van der Waals surface area contributed by atoms with Crippen LogP contribution in [0.4, 0.5) is 17.1 Å². The minimum absolute atomic E-state index is 0.632. The Hall–Kier alpha value is -8.53. The molecule has 0 aliphatic rings. The van der Waals surface area contributed by atoms with Crippen LogP contribution in [0.5, 0.6) is 0 Å². The molecule has 0 aliphatic carbocycles. The molecule has 0 radical (unpaired) electrons. The summed E-state index contributed by atoms with van der Waals surface area (Å²) in [5, 5.41) is 7.11. The number of aromatic nitrogens is 1. The maximum absolute atomic E-state index is 6.23. The van der Waals surface area contributed by atoms with E-state index in [-0.39, 0.29) is 0 Å². The zero-order valence-electron chi connectivity index (χ0n) is 34.9. The molecular formula is C61H40N2O. The van der Waals surface area contributed by atoms with Gasteiger partial charge in [0.2, 0.25) is 5.89 Å². The Kier molecular flexibility index (Phi) is 9.16. The molecule has 1 heterocycles. The molecule has 0 unspecified atom stereocenters. The predicted octanol–water partition coefficient (Wildman–Crippen LogP) is 17.1. The van der Waals surface area contributed by atoms with Crippen molar-refractivity contribution < 1.29 is 4.42 Å². The van der Waals surface area contributed by atoms with Crippen LogP contribution in [0.15, 0.2) is 247 Å². The van der Waals surface area contributed by atoms with E-state index >= 15 is 0 Å². The van der Waals surface area contributed by atoms with E-state index in [1.807, 2.05) is 36.4 Å². The third-order valence-corrected chi connectivity index (χ3v) is 12.5. The second-order valence-electron chi connectivity index (χ2n) is 16.3. The summed E-state index contributed by atoms with van der Waals surface area (Å²) in [6.07, 6.45) is 0. The van der Waals surface area contributed by atoms with Crippen molar-refractivity contribution in [2.24, 2.45) is 0 Å². The van der Waals surface area contributed by atoms with E-state index in [1.165, 1.54) is 43.8 Å². The van der Waals surface area contributed by atoms with Crippen molar-refractivity contribution in [3.63, 3.8) is 0 Å². The maximum Gasteiger partial charge on any atom is 0.227 e. The van der Waals surface area contributed by atoms with Gasteiger partial charge in [0, 0.05) is 28.0 Å². The number of oxazole rings is 1. The molecule has 12 aromatic rings. The van der Waals surface area contributed by atoms with Crippen LogP contribution in [0.3, 0.4) is 0 Å². The van der Waals surface area contributed by atoms with Crippen molar-refractivity contribution in [2.75, 3.05) is 4.90 Å². The molecule has 300 valence electrons. The number of fused-ring (bicyclic) bond motifs is 5. The lowest BCUT2D eigenvalue weighted by Crippen LogP contribution is -2.10. The standard InChI is InChI=1S/C61H40N2O/c1-2-17-43(18-3-1)61-62-60-58-35-33-47(37-48(58)34-36-59(60)64-61)55-30-9-8-29-54(55)44-21-10-24-49(38-44)63(50-25-11-22-45(39-50)56-31-13-19-41-15-4-6-27-52(41)56)51-26-12-23-46(40-51)57-32-14-20-42-16-5-7-28-53(42)57/h1-40H. The van der Waals surface area contributed by atoms with Crippen molar-refractivity contribution in [1.82, 2.24) is 4.98 Å². The first-order valence-corrected chi connectivity index (χ1v) is 21.8. The van der Waals surface area contributed by atoms with E-state index in [1.54, 1.807) is 0 Å². The highest BCUT2D eigenvalue weighted by Crippen LogP contribution is 2.43. The second-order valence-corrected chi connectivity index (χ2v) is 16.3. The number of hydrogen-bond donors (Lipinski definition) is 0. The quantitative estimate of drug-likeness (QED) is 0.153. The summed E-state index contributed by atoms with van der Waals surface area (Å²) in [6.45, 7) is 0. The van der Waals surface area contributed by atoms with Crippen LogP contribution in [0.1, 0.15) is 0 Å². The number of benzene rings is 11. The van der Waals surface area contributed by atoms with Crippen molar-refractivity contribution in [3.8, 4) is 56.0 Å². The summed E-state index contributed by atoms with van der Waals surface area (Å²) < 4.78 is 6.23.